The summed E-state index contributed by atoms with van der Waals surface area (Å²) in [6.45, 7) is 3.43. The topological polar surface area (TPSA) is 16.1 Å². The Morgan fingerprint density at radius 1 is 1.64 bits per heavy atom. The van der Waals surface area contributed by atoms with Crippen molar-refractivity contribution in [3.63, 3.8) is 0 Å². The lowest BCUT2D eigenvalue weighted by molar-refractivity contribution is 0.315. The van der Waals surface area contributed by atoms with Gasteiger partial charge in [0.15, 0.2) is 0 Å². The molecule has 2 heterocycles. The summed E-state index contributed by atoms with van der Waals surface area (Å²) in [7, 11) is 0. The molecule has 14 heavy (non-hydrogen) atoms. The summed E-state index contributed by atoms with van der Waals surface area (Å²) in [4.78, 5) is 6.78. The molecule has 0 aromatic carbocycles. The van der Waals surface area contributed by atoms with Gasteiger partial charge in [0.1, 0.15) is 5.01 Å². The number of likely N-dealkylation sites (tertiary alicyclic amines) is 1. The highest BCUT2D eigenvalue weighted by Crippen LogP contribution is 2.22. The van der Waals surface area contributed by atoms with E-state index in [0.717, 1.165) is 24.8 Å². The van der Waals surface area contributed by atoms with Gasteiger partial charge in [-0.15, -0.1) is 22.9 Å². The fourth-order valence-corrected chi connectivity index (χ4v) is 2.93. The molecule has 0 aliphatic carbocycles. The van der Waals surface area contributed by atoms with E-state index in [9.17, 15) is 0 Å². The molecule has 2 rings (SSSR count). The monoisotopic (exact) mass is 230 g/mol. The molecule has 78 valence electrons. The number of halogens is 1. The maximum Gasteiger partial charge on any atom is 0.107 e. The van der Waals surface area contributed by atoms with Crippen molar-refractivity contribution in [2.24, 2.45) is 5.92 Å². The lowest BCUT2D eigenvalue weighted by Crippen LogP contribution is -2.20. The Labute approximate surface area is 93.9 Å². The van der Waals surface area contributed by atoms with E-state index in [2.05, 4.69) is 9.88 Å². The van der Waals surface area contributed by atoms with Crippen molar-refractivity contribution in [2.45, 2.75) is 19.4 Å². The Balaban J connectivity index is 1.79. The van der Waals surface area contributed by atoms with Gasteiger partial charge in [0, 0.05) is 24.0 Å². The molecule has 1 fully saturated rings. The van der Waals surface area contributed by atoms with Crippen molar-refractivity contribution in [3.8, 4) is 0 Å². The van der Waals surface area contributed by atoms with E-state index in [1.54, 1.807) is 11.3 Å². The summed E-state index contributed by atoms with van der Waals surface area (Å²) in [5.74, 6) is 1.61. The zero-order valence-electron chi connectivity index (χ0n) is 8.16. The van der Waals surface area contributed by atoms with Crippen molar-refractivity contribution >= 4 is 22.9 Å². The van der Waals surface area contributed by atoms with Crippen LogP contribution in [0.25, 0.3) is 0 Å². The van der Waals surface area contributed by atoms with E-state index in [4.69, 9.17) is 11.6 Å². The van der Waals surface area contributed by atoms with E-state index in [0.29, 0.717) is 0 Å². The molecule has 1 aromatic heterocycles. The van der Waals surface area contributed by atoms with E-state index in [1.807, 2.05) is 11.6 Å². The molecule has 0 saturated carbocycles. The minimum atomic E-state index is 0.801. The predicted molar refractivity (Wildman–Crippen MR) is 60.8 cm³/mol. The van der Waals surface area contributed by atoms with Crippen molar-refractivity contribution in [3.05, 3.63) is 16.6 Å². The second-order valence-electron chi connectivity index (χ2n) is 3.79. The Kier molecular flexibility index (Phi) is 3.79. The molecule has 2 nitrogen and oxygen atoms in total. The Bertz CT molecular complexity index is 263. The van der Waals surface area contributed by atoms with Crippen LogP contribution in [0.4, 0.5) is 0 Å². The predicted octanol–water partition coefficient (Wildman–Crippen LogP) is 2.59. The third-order valence-electron chi connectivity index (χ3n) is 2.73. The third kappa shape index (κ3) is 2.69. The van der Waals surface area contributed by atoms with Crippen LogP contribution in [0.1, 0.15) is 17.8 Å². The van der Waals surface area contributed by atoms with E-state index >= 15 is 0 Å². The van der Waals surface area contributed by atoms with Crippen LogP contribution in [0, 0.1) is 5.92 Å². The first-order valence-electron chi connectivity index (χ1n) is 5.05. The van der Waals surface area contributed by atoms with Crippen molar-refractivity contribution in [2.75, 3.05) is 19.0 Å². The number of alkyl halides is 1. The van der Waals surface area contributed by atoms with Gasteiger partial charge in [0.2, 0.25) is 0 Å². The lowest BCUT2D eigenvalue weighted by Gasteiger charge is -2.13. The Morgan fingerprint density at radius 3 is 3.29 bits per heavy atom. The Morgan fingerprint density at radius 2 is 2.57 bits per heavy atom. The van der Waals surface area contributed by atoms with Crippen LogP contribution in [0.5, 0.6) is 0 Å². The highest BCUT2D eigenvalue weighted by Gasteiger charge is 2.22. The first kappa shape index (κ1) is 10.4. The SMILES string of the molecule is ClCCC1CCN(Cc2nccs2)C1. The molecule has 0 amide bonds. The molecule has 4 heteroatoms. The number of aromatic nitrogens is 1. The summed E-state index contributed by atoms with van der Waals surface area (Å²) in [5, 5.41) is 3.28. The summed E-state index contributed by atoms with van der Waals surface area (Å²) >= 11 is 7.49. The van der Waals surface area contributed by atoms with Gasteiger partial charge in [-0.25, -0.2) is 4.98 Å². The van der Waals surface area contributed by atoms with Crippen LogP contribution >= 0.6 is 22.9 Å². The summed E-state index contributed by atoms with van der Waals surface area (Å²) < 4.78 is 0. The molecule has 1 aliphatic rings. The second-order valence-corrected chi connectivity index (χ2v) is 5.15. The lowest BCUT2D eigenvalue weighted by atomic mass is 10.1. The van der Waals surface area contributed by atoms with Gasteiger partial charge in [-0.05, 0) is 25.3 Å². The number of nitrogens with zero attached hydrogens (tertiary/aromatic N) is 2. The standard InChI is InChI=1S/C10H15ClN2S/c11-3-1-9-2-5-13(7-9)8-10-12-4-6-14-10/h4,6,9H,1-3,5,7-8H2. The molecule has 1 saturated heterocycles. The first-order valence-corrected chi connectivity index (χ1v) is 6.46. The fourth-order valence-electron chi connectivity index (χ4n) is 1.97. The molecule has 1 aliphatic heterocycles. The van der Waals surface area contributed by atoms with Gasteiger partial charge in [0.05, 0.1) is 6.54 Å². The third-order valence-corrected chi connectivity index (χ3v) is 3.71. The van der Waals surface area contributed by atoms with Gasteiger partial charge in [0.25, 0.3) is 0 Å². The first-order chi connectivity index (χ1) is 6.88. The molecule has 0 radical (unpaired) electrons. The summed E-state index contributed by atoms with van der Waals surface area (Å²) in [6.07, 6.45) is 4.35. The van der Waals surface area contributed by atoms with E-state index in [1.165, 1.54) is 24.5 Å². The molecule has 1 unspecified atom stereocenters. The normalized spacial score (nSPS) is 23.1. The Hall–Kier alpha value is -0.120. The number of thiazole rings is 1. The number of rotatable bonds is 4. The minimum absolute atomic E-state index is 0.801. The number of hydrogen-bond donors (Lipinski definition) is 0. The molecular formula is C10H15ClN2S. The zero-order valence-corrected chi connectivity index (χ0v) is 9.73. The van der Waals surface area contributed by atoms with Gasteiger partial charge >= 0.3 is 0 Å². The zero-order chi connectivity index (χ0) is 9.80. The van der Waals surface area contributed by atoms with Crippen molar-refractivity contribution in [1.82, 2.24) is 9.88 Å². The van der Waals surface area contributed by atoms with E-state index < -0.39 is 0 Å². The van der Waals surface area contributed by atoms with Gasteiger partial charge in [-0.1, -0.05) is 0 Å². The molecule has 1 aromatic rings. The smallest absolute Gasteiger partial charge is 0.107 e. The molecular weight excluding hydrogens is 216 g/mol. The summed E-state index contributed by atoms with van der Waals surface area (Å²) in [6, 6.07) is 0. The quantitative estimate of drug-likeness (QED) is 0.740. The fraction of sp³-hybridized carbons (Fsp3) is 0.700. The van der Waals surface area contributed by atoms with Crippen LogP contribution in [0.15, 0.2) is 11.6 Å². The minimum Gasteiger partial charge on any atom is -0.296 e. The molecule has 0 spiro atoms. The van der Waals surface area contributed by atoms with Crippen LogP contribution in [-0.4, -0.2) is 28.9 Å². The van der Waals surface area contributed by atoms with E-state index in [-0.39, 0.29) is 0 Å². The van der Waals surface area contributed by atoms with Crippen LogP contribution in [0.2, 0.25) is 0 Å². The molecule has 1 atom stereocenters. The highest BCUT2D eigenvalue weighted by molar-refractivity contribution is 7.09. The van der Waals surface area contributed by atoms with Crippen molar-refractivity contribution in [1.29, 1.82) is 0 Å². The average Bonchev–Trinajstić information content (AvgIpc) is 2.79. The van der Waals surface area contributed by atoms with Gasteiger partial charge < -0.3 is 0 Å². The average molecular weight is 231 g/mol. The summed E-state index contributed by atoms with van der Waals surface area (Å²) in [5.41, 5.74) is 0. The second kappa shape index (κ2) is 5.10. The maximum absolute atomic E-state index is 5.74. The largest absolute Gasteiger partial charge is 0.296 e. The molecule has 0 N–H and O–H groups in total. The number of hydrogen-bond acceptors (Lipinski definition) is 3. The van der Waals surface area contributed by atoms with Crippen LogP contribution in [-0.2, 0) is 6.54 Å². The maximum atomic E-state index is 5.74. The van der Waals surface area contributed by atoms with Gasteiger partial charge in [-0.2, -0.15) is 0 Å². The van der Waals surface area contributed by atoms with Crippen molar-refractivity contribution < 1.29 is 0 Å². The van der Waals surface area contributed by atoms with Crippen LogP contribution in [0.3, 0.4) is 0 Å². The molecule has 0 bridgehead atoms. The van der Waals surface area contributed by atoms with Crippen LogP contribution < -0.4 is 0 Å². The highest BCUT2D eigenvalue weighted by atomic mass is 35.5. The van der Waals surface area contributed by atoms with Gasteiger partial charge in [-0.3, -0.25) is 4.90 Å².